The van der Waals surface area contributed by atoms with Gasteiger partial charge in [-0.15, -0.1) is 0 Å². The zero-order valence-electron chi connectivity index (χ0n) is 48.7. The lowest BCUT2D eigenvalue weighted by molar-refractivity contribution is -0.350. The van der Waals surface area contributed by atoms with E-state index >= 15 is 0 Å². The van der Waals surface area contributed by atoms with Gasteiger partial charge in [0.15, 0.2) is 17.4 Å². The van der Waals surface area contributed by atoms with Crippen molar-refractivity contribution in [3.63, 3.8) is 0 Å². The summed E-state index contributed by atoms with van der Waals surface area (Å²) in [4.78, 5) is 41.2. The molecule has 7 fully saturated rings. The highest BCUT2D eigenvalue weighted by Gasteiger charge is 2.58. The summed E-state index contributed by atoms with van der Waals surface area (Å²) in [6.07, 6.45) is -4.89. The predicted molar refractivity (Wildman–Crippen MR) is 296 cm³/mol. The maximum absolute atomic E-state index is 14.4. The smallest absolute Gasteiger partial charge is 0.308 e. The zero-order valence-corrected chi connectivity index (χ0v) is 49.4. The molecule has 7 saturated heterocycles. The van der Waals surface area contributed by atoms with Crippen LogP contribution in [0.1, 0.15) is 144 Å². The van der Waals surface area contributed by atoms with Gasteiger partial charge in [-0.05, 0) is 50.7 Å². The van der Waals surface area contributed by atoms with Crippen molar-refractivity contribution in [2.75, 3.05) is 13.7 Å². The molecule has 12 bridgehead atoms. The van der Waals surface area contributed by atoms with Gasteiger partial charge in [-0.3, -0.25) is 14.4 Å². The van der Waals surface area contributed by atoms with Crippen LogP contribution in [0, 0.1) is 23.7 Å². The van der Waals surface area contributed by atoms with Gasteiger partial charge in [-0.2, -0.15) is 0 Å². The number of hydrogen-bond donors (Lipinski definition) is 7. The van der Waals surface area contributed by atoms with Gasteiger partial charge in [0.25, 0.3) is 0 Å². The Bertz CT molecular complexity index is 2360. The number of fused-ring (bicyclic) bond motifs is 10. The second-order valence-corrected chi connectivity index (χ2v) is 25.9. The first-order valence-corrected chi connectivity index (χ1v) is 29.9. The van der Waals surface area contributed by atoms with Crippen LogP contribution in [0.4, 0.5) is 0 Å². The van der Waals surface area contributed by atoms with E-state index < -0.39 is 157 Å². The number of aliphatic hydroxyl groups is 7. The molecule has 0 aromatic carbocycles. The molecule has 0 aliphatic carbocycles. The minimum atomic E-state index is -2.39. The minimum absolute atomic E-state index is 0.0131. The average Bonchev–Trinajstić information content (AvgIpc) is 2.35. The summed E-state index contributed by atoms with van der Waals surface area (Å²) in [5.74, 6) is -8.93. The highest BCUT2D eigenvalue weighted by Crippen LogP contribution is 2.48. The first kappa shape index (κ1) is 65.0. The molecule has 8 rings (SSSR count). The summed E-state index contributed by atoms with van der Waals surface area (Å²) in [6.45, 7) is 18.1. The third-order valence-electron chi connectivity index (χ3n) is 18.3. The first-order chi connectivity index (χ1) is 38.6. The van der Waals surface area contributed by atoms with Crippen LogP contribution >= 0.6 is 11.6 Å². The standard InChI is InChI=1S/C61H91ClO20/c1-32(17-40(64)16-15-33(2)62)18-51-53(69)55-37(6)56(76-51)57(70)61(72)29-49(67)35(4)50(82-61)14-12-10-11-13-42-20-41(65)25-59(78-42)27-45(73-9)21-43(79-59)23-48(66)36(5)54-34(3)39(30-74-54)19-47-26-58(8,71)31-60(81-47)28-46(75-38(7)63)22-44(80-60)24-52(68)77-55/h11,13,15-16,19,34-37,40-47,49-51,53-57,64-65,67,69-72H,1-2,10,12,14,17-18,20-31H2,3-9H3. The Hall–Kier alpha value is -3.00. The molecule has 20 nitrogen and oxygen atoms in total. The lowest BCUT2D eigenvalue weighted by Gasteiger charge is -2.51. The van der Waals surface area contributed by atoms with Gasteiger partial charge in [-0.25, -0.2) is 0 Å². The second kappa shape index (κ2) is 26.9. The Labute approximate surface area is 487 Å². The molecular weight excluding hydrogens is 1090 g/mol. The molecule has 0 saturated carbocycles. The van der Waals surface area contributed by atoms with Crippen LogP contribution in [0.15, 0.2) is 59.7 Å². The van der Waals surface area contributed by atoms with E-state index in [2.05, 4.69) is 13.2 Å². The predicted octanol–water partition coefficient (Wildman–Crippen LogP) is 5.36. The molecular formula is C61H91ClO20. The van der Waals surface area contributed by atoms with Gasteiger partial charge in [-0.1, -0.05) is 82.3 Å². The molecule has 0 aromatic rings. The third kappa shape index (κ3) is 15.9. The highest BCUT2D eigenvalue weighted by molar-refractivity contribution is 6.30. The number of aliphatic hydroxyl groups excluding tert-OH is 5. The van der Waals surface area contributed by atoms with Crippen molar-refractivity contribution in [3.8, 4) is 0 Å². The van der Waals surface area contributed by atoms with Gasteiger partial charge in [0.1, 0.15) is 30.2 Å². The molecule has 7 N–H and O–H groups in total. The van der Waals surface area contributed by atoms with Crippen molar-refractivity contribution in [1.82, 2.24) is 0 Å². The van der Waals surface area contributed by atoms with Crippen LogP contribution in [-0.4, -0.2) is 188 Å². The van der Waals surface area contributed by atoms with Crippen LogP contribution in [0.5, 0.6) is 0 Å². The number of carbonyl (C=O) groups is 3. The van der Waals surface area contributed by atoms with Crippen LogP contribution in [-0.2, 0) is 61.8 Å². The van der Waals surface area contributed by atoms with Crippen molar-refractivity contribution < 1.29 is 97.5 Å². The van der Waals surface area contributed by atoms with E-state index in [9.17, 15) is 50.1 Å². The molecule has 82 heavy (non-hydrogen) atoms. The highest BCUT2D eigenvalue weighted by atomic mass is 35.5. The Morgan fingerprint density at radius 2 is 1.55 bits per heavy atom. The average molecular weight is 1180 g/mol. The molecule has 8 aliphatic heterocycles. The molecule has 2 spiro atoms. The molecule has 462 valence electrons. The topological polar surface area (TPSA) is 285 Å². The number of methoxy groups -OCH3 is 1. The van der Waals surface area contributed by atoms with E-state index in [1.54, 1.807) is 27.9 Å². The van der Waals surface area contributed by atoms with Crippen molar-refractivity contribution >= 4 is 29.3 Å². The number of carbonyl (C=O) groups excluding carboxylic acids is 3. The van der Waals surface area contributed by atoms with Crippen molar-refractivity contribution in [2.45, 2.75) is 265 Å². The number of allylic oxidation sites excluding steroid dienone is 3. The van der Waals surface area contributed by atoms with E-state index in [1.165, 1.54) is 19.1 Å². The maximum atomic E-state index is 14.4. The molecule has 8 heterocycles. The normalized spacial score (nSPS) is 45.8. The van der Waals surface area contributed by atoms with Gasteiger partial charge in [0, 0.05) is 107 Å². The number of ketones is 1. The molecule has 0 radical (unpaired) electrons. The summed E-state index contributed by atoms with van der Waals surface area (Å²) >= 11 is 5.89. The van der Waals surface area contributed by atoms with Crippen LogP contribution in [0.2, 0.25) is 0 Å². The summed E-state index contributed by atoms with van der Waals surface area (Å²) in [7, 11) is 1.61. The number of rotatable bonds is 8. The van der Waals surface area contributed by atoms with Gasteiger partial charge in [0.2, 0.25) is 0 Å². The largest absolute Gasteiger partial charge is 0.462 e. The molecule has 0 aromatic heterocycles. The Morgan fingerprint density at radius 3 is 2.27 bits per heavy atom. The lowest BCUT2D eigenvalue weighted by atomic mass is 9.78. The number of ether oxygens (including phenoxy) is 10. The van der Waals surface area contributed by atoms with Gasteiger partial charge in [0.05, 0.1) is 91.9 Å². The van der Waals surface area contributed by atoms with E-state index in [0.717, 1.165) is 5.57 Å². The first-order valence-electron chi connectivity index (χ1n) is 29.6. The molecule has 21 heteroatoms. The monoisotopic (exact) mass is 1180 g/mol. The minimum Gasteiger partial charge on any atom is -0.462 e. The number of esters is 2. The van der Waals surface area contributed by atoms with E-state index in [-0.39, 0.29) is 80.8 Å². The molecule has 0 amide bonds. The summed E-state index contributed by atoms with van der Waals surface area (Å²) in [5, 5.41) is 82.5. The van der Waals surface area contributed by atoms with Crippen LogP contribution in [0.25, 0.3) is 0 Å². The summed E-state index contributed by atoms with van der Waals surface area (Å²) < 4.78 is 63.9. The molecule has 24 atom stereocenters. The molecule has 24 unspecified atom stereocenters. The van der Waals surface area contributed by atoms with Crippen molar-refractivity contribution in [3.05, 3.63) is 59.7 Å². The fraction of sp³-hybridized carbons (Fsp3) is 0.787. The van der Waals surface area contributed by atoms with E-state index in [1.807, 2.05) is 32.1 Å². The lowest BCUT2D eigenvalue weighted by Crippen LogP contribution is -2.65. The summed E-state index contributed by atoms with van der Waals surface area (Å²) in [6, 6.07) is 0. The molecule has 8 aliphatic rings. The number of halogens is 1. The summed E-state index contributed by atoms with van der Waals surface area (Å²) in [5.41, 5.74) is -0.103. The number of Topliss-reactive ketones (excluding diaryl/α,β-unsaturated/α-hetero) is 1. The van der Waals surface area contributed by atoms with E-state index in [0.29, 0.717) is 44.1 Å². The van der Waals surface area contributed by atoms with Gasteiger partial charge >= 0.3 is 11.9 Å². The fourth-order valence-corrected chi connectivity index (χ4v) is 14.3. The number of hydrogen-bond acceptors (Lipinski definition) is 20. The van der Waals surface area contributed by atoms with Crippen LogP contribution < -0.4 is 0 Å². The SMILES string of the molecule is C=C(Cl)C=CC(O)CC(=C)CC1OC2C(C)C(OC(=O)CC3CC(OC(C)=O)CC4(CC(C)(O)CC(C=C5COC(C(C)C(=O)CC6CC(OC)CC7(CC(O)CC(C=CCCCC8OC(O)(CC(O)C8C)C2O)O7)O6)C5C)O4)O3)C1O. The van der Waals surface area contributed by atoms with E-state index in [4.69, 9.17) is 59.0 Å². The Kier molecular flexibility index (Phi) is 21.4. The van der Waals surface area contributed by atoms with Crippen molar-refractivity contribution in [1.29, 1.82) is 0 Å². The van der Waals surface area contributed by atoms with Gasteiger partial charge < -0.3 is 83.1 Å². The Balaban J connectivity index is 1.10. The zero-order chi connectivity index (χ0) is 59.6. The van der Waals surface area contributed by atoms with Crippen molar-refractivity contribution in [2.24, 2.45) is 23.7 Å². The maximum Gasteiger partial charge on any atom is 0.308 e. The quantitative estimate of drug-likeness (QED) is 0.0915. The second-order valence-electron chi connectivity index (χ2n) is 25.4. The fourth-order valence-electron chi connectivity index (χ4n) is 14.2. The van der Waals surface area contributed by atoms with Crippen LogP contribution in [0.3, 0.4) is 0 Å². The Morgan fingerprint density at radius 1 is 0.854 bits per heavy atom. The third-order valence-corrected chi connectivity index (χ3v) is 18.4.